The van der Waals surface area contributed by atoms with Crippen LogP contribution in [-0.2, 0) is 0 Å². The molecule has 0 fully saturated rings. The molecule has 6 nitrogen and oxygen atoms in total. The van der Waals surface area contributed by atoms with E-state index >= 15 is 0 Å². The van der Waals surface area contributed by atoms with E-state index in [2.05, 4.69) is 86.0 Å². The Morgan fingerprint density at radius 2 is 0.760 bits per heavy atom. The maximum atomic E-state index is 6.28. The van der Waals surface area contributed by atoms with Gasteiger partial charge in [0, 0.05) is 54.7 Å². The van der Waals surface area contributed by atoms with E-state index in [0.29, 0.717) is 22.9 Å². The Bertz CT molecular complexity index is 1470. The van der Waals surface area contributed by atoms with Gasteiger partial charge in [0.05, 0.1) is 0 Å². The van der Waals surface area contributed by atoms with Crippen molar-refractivity contribution in [1.82, 2.24) is 9.97 Å². The van der Waals surface area contributed by atoms with Gasteiger partial charge in [0.25, 0.3) is 0 Å². The minimum atomic E-state index is 0.626. The van der Waals surface area contributed by atoms with E-state index in [1.165, 1.54) is 114 Å². The minimum Gasteiger partial charge on any atom is -0.436 e. The van der Waals surface area contributed by atoms with Crippen molar-refractivity contribution in [3.63, 3.8) is 0 Å². The Morgan fingerprint density at radius 1 is 0.420 bits per heavy atom. The van der Waals surface area contributed by atoms with E-state index in [4.69, 9.17) is 18.8 Å². The molecule has 0 atom stereocenters. The first-order chi connectivity index (χ1) is 24.6. The Labute approximate surface area is 301 Å². The lowest BCUT2D eigenvalue weighted by Crippen LogP contribution is -2.25. The first kappa shape index (κ1) is 37.5. The molecule has 2 heterocycles. The van der Waals surface area contributed by atoms with Crippen molar-refractivity contribution in [1.29, 1.82) is 0 Å². The van der Waals surface area contributed by atoms with Crippen LogP contribution < -0.4 is 9.80 Å². The number of fused-ring (bicyclic) bond motifs is 2. The van der Waals surface area contributed by atoms with Crippen LogP contribution in [0.5, 0.6) is 0 Å². The topological polar surface area (TPSA) is 58.5 Å². The summed E-state index contributed by atoms with van der Waals surface area (Å²) in [5.74, 6) is 1.25. The maximum Gasteiger partial charge on any atom is 0.227 e. The molecule has 0 radical (unpaired) electrons. The smallest absolute Gasteiger partial charge is 0.227 e. The second-order valence-electron chi connectivity index (χ2n) is 14.1. The second-order valence-corrected chi connectivity index (χ2v) is 14.1. The fourth-order valence-electron chi connectivity index (χ4n) is 6.88. The quantitative estimate of drug-likeness (QED) is 0.0605. The lowest BCUT2D eigenvalue weighted by Gasteiger charge is -2.25. The summed E-state index contributed by atoms with van der Waals surface area (Å²) in [6.07, 6.45) is 20.5. The molecule has 0 saturated carbocycles. The first-order valence-electron chi connectivity index (χ1n) is 20.0. The highest BCUT2D eigenvalue weighted by atomic mass is 16.4. The molecule has 0 spiro atoms. The molecule has 0 amide bonds. The zero-order valence-electron chi connectivity index (χ0n) is 31.5. The van der Waals surface area contributed by atoms with Crippen molar-refractivity contribution in [2.75, 3.05) is 36.0 Å². The van der Waals surface area contributed by atoms with Crippen molar-refractivity contribution in [2.45, 2.75) is 130 Å². The van der Waals surface area contributed by atoms with Crippen LogP contribution in [0.2, 0.25) is 0 Å². The summed E-state index contributed by atoms with van der Waals surface area (Å²) in [6, 6.07) is 21.4. The van der Waals surface area contributed by atoms with E-state index in [0.717, 1.165) is 48.3 Å². The second kappa shape index (κ2) is 20.1. The summed E-state index contributed by atoms with van der Waals surface area (Å²) in [7, 11) is 0. The van der Waals surface area contributed by atoms with E-state index < -0.39 is 0 Å². The summed E-state index contributed by atoms with van der Waals surface area (Å²) in [6.45, 7) is 13.6. The lowest BCUT2D eigenvalue weighted by atomic mass is 10.1. The summed E-state index contributed by atoms with van der Waals surface area (Å²) >= 11 is 0. The Morgan fingerprint density at radius 3 is 1.08 bits per heavy atom. The van der Waals surface area contributed by atoms with E-state index in [-0.39, 0.29) is 0 Å². The zero-order valence-corrected chi connectivity index (χ0v) is 31.5. The van der Waals surface area contributed by atoms with Crippen molar-refractivity contribution >= 4 is 33.6 Å². The molecule has 5 rings (SSSR count). The number of hydrogen-bond donors (Lipinski definition) is 0. The average molecular weight is 679 g/mol. The zero-order chi connectivity index (χ0) is 35.0. The number of rotatable bonds is 24. The van der Waals surface area contributed by atoms with E-state index in [9.17, 15) is 0 Å². The molecule has 2 aromatic heterocycles. The molecule has 0 saturated heterocycles. The summed E-state index contributed by atoms with van der Waals surface area (Å²) < 4.78 is 12.6. The standard InChI is InChI=1S/C44H62N4O2/c1-5-9-13-17-29-47(30-18-14-10-6-2)37-25-21-35(22-26-37)43-45-39-33-40-42(34-41(39)49-43)50-44(46-40)36-23-27-38(28-24-36)48(31-19-15-11-7-3)32-20-16-12-8-4/h21-28,33-34H,5-20,29-32H2,1-4H3. The van der Waals surface area contributed by atoms with Gasteiger partial charge in [-0.05, 0) is 80.3 Å². The van der Waals surface area contributed by atoms with Crippen LogP contribution in [0.15, 0.2) is 69.5 Å². The van der Waals surface area contributed by atoms with Gasteiger partial charge < -0.3 is 18.6 Å². The molecule has 0 bridgehead atoms. The first-order valence-corrected chi connectivity index (χ1v) is 20.0. The van der Waals surface area contributed by atoms with E-state index in [1.54, 1.807) is 0 Å². The number of hydrogen-bond acceptors (Lipinski definition) is 6. The van der Waals surface area contributed by atoms with Crippen molar-refractivity contribution < 1.29 is 8.83 Å². The predicted molar refractivity (Wildman–Crippen MR) is 213 cm³/mol. The SMILES string of the molecule is CCCCCCN(CCCCCC)c1ccc(-c2nc3cc4nc(-c5ccc(N(CCCCCC)CCCCCC)cc5)oc4cc3o2)cc1. The largest absolute Gasteiger partial charge is 0.436 e. The van der Waals surface area contributed by atoms with Crippen LogP contribution in [0.3, 0.4) is 0 Å². The van der Waals surface area contributed by atoms with Crippen LogP contribution >= 0.6 is 0 Å². The lowest BCUT2D eigenvalue weighted by molar-refractivity contribution is 0.607. The Hall–Kier alpha value is -3.80. The van der Waals surface area contributed by atoms with Crippen LogP contribution in [-0.4, -0.2) is 36.1 Å². The molecule has 270 valence electrons. The number of oxazole rings is 2. The number of unbranched alkanes of at least 4 members (excludes halogenated alkanes) is 12. The van der Waals surface area contributed by atoms with Gasteiger partial charge >= 0.3 is 0 Å². The van der Waals surface area contributed by atoms with Crippen LogP contribution in [0, 0.1) is 0 Å². The van der Waals surface area contributed by atoms with Crippen molar-refractivity contribution in [2.24, 2.45) is 0 Å². The molecular weight excluding hydrogens is 617 g/mol. The molecule has 0 aliphatic rings. The van der Waals surface area contributed by atoms with Gasteiger partial charge in [0.2, 0.25) is 11.8 Å². The van der Waals surface area contributed by atoms with Crippen molar-refractivity contribution in [3.8, 4) is 22.9 Å². The third kappa shape index (κ3) is 10.6. The highest BCUT2D eigenvalue weighted by Gasteiger charge is 2.16. The molecule has 0 N–H and O–H groups in total. The minimum absolute atomic E-state index is 0.626. The monoisotopic (exact) mass is 678 g/mol. The normalized spacial score (nSPS) is 11.6. The van der Waals surface area contributed by atoms with Gasteiger partial charge in [-0.3, -0.25) is 0 Å². The molecule has 0 aliphatic heterocycles. The highest BCUT2D eigenvalue weighted by Crippen LogP contribution is 2.32. The van der Waals surface area contributed by atoms with Gasteiger partial charge in [-0.2, -0.15) is 0 Å². The third-order valence-electron chi connectivity index (χ3n) is 9.98. The van der Waals surface area contributed by atoms with Gasteiger partial charge in [0.1, 0.15) is 11.0 Å². The number of anilines is 2. The number of benzene rings is 3. The van der Waals surface area contributed by atoms with Crippen molar-refractivity contribution in [3.05, 3.63) is 60.7 Å². The Kier molecular flexibility index (Phi) is 15.1. The van der Waals surface area contributed by atoms with Gasteiger partial charge in [-0.25, -0.2) is 9.97 Å². The summed E-state index contributed by atoms with van der Waals surface area (Å²) in [5.41, 5.74) is 7.55. The Balaban J connectivity index is 1.27. The number of nitrogens with zero attached hydrogens (tertiary/aromatic N) is 4. The van der Waals surface area contributed by atoms with Crippen LogP contribution in [0.4, 0.5) is 11.4 Å². The average Bonchev–Trinajstić information content (AvgIpc) is 3.76. The summed E-state index contributed by atoms with van der Waals surface area (Å²) in [4.78, 5) is 14.9. The van der Waals surface area contributed by atoms with Crippen LogP contribution in [0.1, 0.15) is 130 Å². The fourth-order valence-corrected chi connectivity index (χ4v) is 6.88. The molecular formula is C44H62N4O2. The molecule has 0 aliphatic carbocycles. The summed E-state index contributed by atoms with van der Waals surface area (Å²) in [5, 5.41) is 0. The molecule has 3 aromatic carbocycles. The third-order valence-corrected chi connectivity index (χ3v) is 9.98. The maximum absolute atomic E-state index is 6.28. The van der Waals surface area contributed by atoms with Crippen LogP contribution in [0.25, 0.3) is 45.1 Å². The fraction of sp³-hybridized carbons (Fsp3) is 0.545. The van der Waals surface area contributed by atoms with E-state index in [1.807, 2.05) is 12.1 Å². The number of aromatic nitrogens is 2. The highest BCUT2D eigenvalue weighted by molar-refractivity contribution is 5.91. The van der Waals surface area contributed by atoms with Gasteiger partial charge in [-0.15, -0.1) is 0 Å². The van der Waals surface area contributed by atoms with Gasteiger partial charge in [-0.1, -0.05) is 105 Å². The van der Waals surface area contributed by atoms with Gasteiger partial charge in [0.15, 0.2) is 11.2 Å². The molecule has 5 aromatic rings. The molecule has 50 heavy (non-hydrogen) atoms. The molecule has 0 unspecified atom stereocenters. The predicted octanol–water partition coefficient (Wildman–Crippen LogP) is 13.2. The molecule has 6 heteroatoms.